The number of fused-ring (bicyclic) bond motifs is 1. The molecule has 3 aromatic rings. The van der Waals surface area contributed by atoms with Crippen LogP contribution in [0, 0.1) is 6.92 Å². The lowest BCUT2D eigenvalue weighted by Gasteiger charge is -2.09. The predicted octanol–water partition coefficient (Wildman–Crippen LogP) is 5.25. The van der Waals surface area contributed by atoms with E-state index in [1.165, 1.54) is 24.0 Å². The zero-order valence-corrected chi connectivity index (χ0v) is 14.5. The van der Waals surface area contributed by atoms with E-state index in [1.807, 2.05) is 16.8 Å². The van der Waals surface area contributed by atoms with Gasteiger partial charge in [0.2, 0.25) is 0 Å². The third-order valence-electron chi connectivity index (χ3n) is 4.53. The summed E-state index contributed by atoms with van der Waals surface area (Å²) in [6, 6.07) is 16.5. The minimum Gasteiger partial charge on any atom is -0.370 e. The highest BCUT2D eigenvalue weighted by atomic mass is 35.5. The lowest BCUT2D eigenvalue weighted by atomic mass is 10.0. The molecule has 0 spiro atoms. The van der Waals surface area contributed by atoms with E-state index >= 15 is 0 Å². The number of hydrogen-bond acceptors (Lipinski definition) is 2. The second-order valence-corrected chi connectivity index (χ2v) is 6.75. The number of hydrogen-bond donors (Lipinski definition) is 1. The lowest BCUT2D eigenvalue weighted by molar-refractivity contribution is 0.780. The third kappa shape index (κ3) is 2.80. The smallest absolute Gasteiger partial charge is 0.133 e. The van der Waals surface area contributed by atoms with Crippen LogP contribution in [0.2, 0.25) is 5.02 Å². The molecule has 0 aliphatic carbocycles. The summed E-state index contributed by atoms with van der Waals surface area (Å²) in [5.41, 5.74) is 5.81. The number of aromatic nitrogens is 2. The van der Waals surface area contributed by atoms with Crippen LogP contribution in [-0.4, -0.2) is 16.3 Å². The highest BCUT2D eigenvalue weighted by Gasteiger charge is 2.21. The number of nitrogens with zero attached hydrogens (tertiary/aromatic N) is 2. The van der Waals surface area contributed by atoms with Crippen molar-refractivity contribution in [2.75, 3.05) is 11.9 Å². The number of rotatable bonds is 2. The minimum atomic E-state index is 0.751. The molecule has 0 saturated heterocycles. The van der Waals surface area contributed by atoms with E-state index < -0.39 is 0 Å². The highest BCUT2D eigenvalue weighted by Crippen LogP contribution is 2.34. The molecule has 0 unspecified atom stereocenters. The second kappa shape index (κ2) is 6.33. The van der Waals surface area contributed by atoms with Gasteiger partial charge in [-0.3, -0.25) is 0 Å². The first kappa shape index (κ1) is 15.3. The molecule has 1 aliphatic heterocycles. The number of halogens is 1. The Kier molecular flexibility index (Phi) is 4.03. The fourth-order valence-electron chi connectivity index (χ4n) is 3.21. The van der Waals surface area contributed by atoms with Crippen molar-refractivity contribution in [3.05, 3.63) is 64.7 Å². The van der Waals surface area contributed by atoms with Gasteiger partial charge in [0.05, 0.1) is 11.4 Å². The zero-order chi connectivity index (χ0) is 16.5. The van der Waals surface area contributed by atoms with Crippen LogP contribution in [0.4, 0.5) is 5.82 Å². The lowest BCUT2D eigenvalue weighted by Crippen LogP contribution is -2.07. The topological polar surface area (TPSA) is 29.9 Å². The molecule has 1 N–H and O–H groups in total. The summed E-state index contributed by atoms with van der Waals surface area (Å²) in [4.78, 5) is 0. The van der Waals surface area contributed by atoms with Crippen molar-refractivity contribution in [3.63, 3.8) is 0 Å². The molecule has 4 rings (SSSR count). The number of nitrogens with one attached hydrogen (secondary N) is 1. The molecule has 0 atom stereocenters. The van der Waals surface area contributed by atoms with Gasteiger partial charge in [0.15, 0.2) is 0 Å². The van der Waals surface area contributed by atoms with E-state index in [1.54, 1.807) is 0 Å². The number of anilines is 1. The maximum atomic E-state index is 6.05. The van der Waals surface area contributed by atoms with Gasteiger partial charge in [-0.15, -0.1) is 0 Å². The summed E-state index contributed by atoms with van der Waals surface area (Å²) >= 11 is 6.05. The summed E-state index contributed by atoms with van der Waals surface area (Å²) in [6.07, 6.45) is 3.41. The van der Waals surface area contributed by atoms with Gasteiger partial charge < -0.3 is 5.32 Å². The maximum absolute atomic E-state index is 6.05. The molecule has 2 heterocycles. The van der Waals surface area contributed by atoms with Crippen molar-refractivity contribution in [2.45, 2.75) is 26.2 Å². The molecule has 0 fully saturated rings. The Morgan fingerprint density at radius 2 is 1.75 bits per heavy atom. The van der Waals surface area contributed by atoms with E-state index in [0.29, 0.717) is 0 Å². The van der Waals surface area contributed by atoms with Crippen molar-refractivity contribution >= 4 is 17.4 Å². The predicted molar refractivity (Wildman–Crippen MR) is 100 cm³/mol. The quantitative estimate of drug-likeness (QED) is 0.692. The summed E-state index contributed by atoms with van der Waals surface area (Å²) in [5, 5.41) is 9.28. The van der Waals surface area contributed by atoms with Crippen LogP contribution in [0.25, 0.3) is 16.9 Å². The van der Waals surface area contributed by atoms with Gasteiger partial charge in [0, 0.05) is 22.7 Å². The zero-order valence-electron chi connectivity index (χ0n) is 13.7. The van der Waals surface area contributed by atoms with Crippen molar-refractivity contribution < 1.29 is 0 Å². The summed E-state index contributed by atoms with van der Waals surface area (Å²) in [6.45, 7) is 3.09. The monoisotopic (exact) mass is 337 g/mol. The first-order chi connectivity index (χ1) is 11.7. The molecule has 3 nitrogen and oxygen atoms in total. The standard InChI is InChI=1S/C20H20ClN3/c1-14-5-11-17(12-6-14)24-20-18(4-2-3-13-22-20)19(23-24)15-7-9-16(21)10-8-15/h5-12,22H,2-4,13H2,1H3. The van der Waals surface area contributed by atoms with Gasteiger partial charge in [-0.2, -0.15) is 5.10 Å². The Bertz CT molecular complexity index is 778. The largest absolute Gasteiger partial charge is 0.370 e. The van der Waals surface area contributed by atoms with Crippen LogP contribution in [0.3, 0.4) is 0 Å². The van der Waals surface area contributed by atoms with Gasteiger partial charge >= 0.3 is 0 Å². The minimum absolute atomic E-state index is 0.751. The van der Waals surface area contributed by atoms with Gasteiger partial charge in [0.25, 0.3) is 0 Å². The Balaban J connectivity index is 1.88. The molecule has 4 heteroatoms. The van der Waals surface area contributed by atoms with E-state index in [0.717, 1.165) is 40.8 Å². The van der Waals surface area contributed by atoms with Crippen LogP contribution in [-0.2, 0) is 6.42 Å². The summed E-state index contributed by atoms with van der Waals surface area (Å²) in [7, 11) is 0. The van der Waals surface area contributed by atoms with Crippen LogP contribution in [0.1, 0.15) is 24.0 Å². The molecule has 0 amide bonds. The van der Waals surface area contributed by atoms with Crippen LogP contribution in [0.15, 0.2) is 48.5 Å². The Morgan fingerprint density at radius 1 is 1.00 bits per heavy atom. The number of aryl methyl sites for hydroxylation is 1. The Labute approximate surface area is 147 Å². The molecule has 122 valence electrons. The molecule has 2 aromatic carbocycles. The average molecular weight is 338 g/mol. The van der Waals surface area contributed by atoms with E-state index in [2.05, 4.69) is 48.6 Å². The molecule has 1 aromatic heterocycles. The third-order valence-corrected chi connectivity index (χ3v) is 4.78. The van der Waals surface area contributed by atoms with Crippen molar-refractivity contribution in [2.24, 2.45) is 0 Å². The SMILES string of the molecule is Cc1ccc(-n2nc(-c3ccc(Cl)cc3)c3c2NCCCC3)cc1. The Hall–Kier alpha value is -2.26. The van der Waals surface area contributed by atoms with Crippen molar-refractivity contribution in [1.82, 2.24) is 9.78 Å². The highest BCUT2D eigenvalue weighted by molar-refractivity contribution is 6.30. The van der Waals surface area contributed by atoms with Gasteiger partial charge in [-0.05, 0) is 50.5 Å². The van der Waals surface area contributed by atoms with Crippen molar-refractivity contribution in [3.8, 4) is 16.9 Å². The maximum Gasteiger partial charge on any atom is 0.133 e. The normalized spacial score (nSPS) is 13.9. The molecule has 24 heavy (non-hydrogen) atoms. The van der Waals surface area contributed by atoms with E-state index in [9.17, 15) is 0 Å². The second-order valence-electron chi connectivity index (χ2n) is 6.31. The summed E-state index contributed by atoms with van der Waals surface area (Å²) < 4.78 is 2.05. The van der Waals surface area contributed by atoms with Crippen LogP contribution < -0.4 is 5.32 Å². The first-order valence-corrected chi connectivity index (χ1v) is 8.79. The van der Waals surface area contributed by atoms with Crippen molar-refractivity contribution in [1.29, 1.82) is 0 Å². The van der Waals surface area contributed by atoms with Crippen LogP contribution in [0.5, 0.6) is 0 Å². The molecular formula is C20H20ClN3. The summed E-state index contributed by atoms with van der Waals surface area (Å²) in [5.74, 6) is 1.13. The first-order valence-electron chi connectivity index (χ1n) is 8.41. The molecule has 0 saturated carbocycles. The van der Waals surface area contributed by atoms with Gasteiger partial charge in [0.1, 0.15) is 5.82 Å². The van der Waals surface area contributed by atoms with E-state index in [-0.39, 0.29) is 0 Å². The van der Waals surface area contributed by atoms with E-state index in [4.69, 9.17) is 16.7 Å². The molecule has 1 aliphatic rings. The fourth-order valence-corrected chi connectivity index (χ4v) is 3.34. The van der Waals surface area contributed by atoms with Gasteiger partial charge in [-0.1, -0.05) is 41.4 Å². The fraction of sp³-hybridized carbons (Fsp3) is 0.250. The average Bonchev–Trinajstić information content (AvgIpc) is 2.78. The molecular weight excluding hydrogens is 318 g/mol. The Morgan fingerprint density at radius 3 is 2.50 bits per heavy atom. The number of benzene rings is 2. The van der Waals surface area contributed by atoms with Gasteiger partial charge in [-0.25, -0.2) is 4.68 Å². The van der Waals surface area contributed by atoms with Crippen LogP contribution >= 0.6 is 11.6 Å². The molecule has 0 bridgehead atoms. The molecule has 0 radical (unpaired) electrons.